The highest BCUT2D eigenvalue weighted by molar-refractivity contribution is 6.35. The monoisotopic (exact) mass is 370 g/mol. The maximum absolute atomic E-state index is 10.2. The van der Waals surface area contributed by atoms with Gasteiger partial charge in [0.2, 0.25) is 0 Å². The SMILES string of the molecule is C[N+](C)(C)Cc1ccccc1.O=C(O)COc1ccc(Cl)cc1Cl. The summed E-state index contributed by atoms with van der Waals surface area (Å²) in [6.45, 7) is 0.683. The van der Waals surface area contributed by atoms with E-state index in [0.717, 1.165) is 11.0 Å². The Hall–Kier alpha value is -1.75. The lowest BCUT2D eigenvalue weighted by atomic mass is 10.2. The number of aliphatic carboxylic acids is 1. The molecule has 2 aromatic rings. The molecule has 0 fully saturated rings. The molecule has 0 saturated heterocycles. The fraction of sp³-hybridized carbons (Fsp3) is 0.278. The molecule has 2 rings (SSSR count). The van der Waals surface area contributed by atoms with Crippen molar-refractivity contribution in [2.24, 2.45) is 0 Å². The van der Waals surface area contributed by atoms with Gasteiger partial charge in [-0.25, -0.2) is 4.79 Å². The molecular formula is C18H22Cl2NO3+. The van der Waals surface area contributed by atoms with Gasteiger partial charge in [-0.3, -0.25) is 0 Å². The van der Waals surface area contributed by atoms with E-state index in [2.05, 4.69) is 51.5 Å². The maximum Gasteiger partial charge on any atom is 0.341 e. The Kier molecular flexibility index (Phi) is 8.05. The van der Waals surface area contributed by atoms with Crippen molar-refractivity contribution in [3.63, 3.8) is 0 Å². The molecule has 24 heavy (non-hydrogen) atoms. The molecule has 0 aliphatic rings. The maximum atomic E-state index is 10.2. The van der Waals surface area contributed by atoms with Crippen LogP contribution in [-0.4, -0.2) is 43.3 Å². The average Bonchev–Trinajstić information content (AvgIpc) is 2.46. The van der Waals surface area contributed by atoms with Gasteiger partial charge >= 0.3 is 5.97 Å². The Balaban J connectivity index is 0.000000243. The zero-order valence-electron chi connectivity index (χ0n) is 14.0. The van der Waals surface area contributed by atoms with Gasteiger partial charge in [-0.05, 0) is 18.2 Å². The van der Waals surface area contributed by atoms with Crippen LogP contribution in [0.2, 0.25) is 10.0 Å². The van der Waals surface area contributed by atoms with E-state index in [1.807, 2.05) is 0 Å². The first kappa shape index (κ1) is 20.3. The van der Waals surface area contributed by atoms with Crippen LogP contribution >= 0.6 is 23.2 Å². The smallest absolute Gasteiger partial charge is 0.341 e. The molecule has 0 aromatic heterocycles. The number of rotatable bonds is 5. The van der Waals surface area contributed by atoms with Crippen molar-refractivity contribution in [1.29, 1.82) is 0 Å². The van der Waals surface area contributed by atoms with E-state index >= 15 is 0 Å². The molecule has 0 atom stereocenters. The normalized spacial score (nSPS) is 10.5. The molecule has 4 nitrogen and oxygen atoms in total. The van der Waals surface area contributed by atoms with E-state index in [-0.39, 0.29) is 0 Å². The predicted octanol–water partition coefficient (Wildman–Crippen LogP) is 4.35. The highest BCUT2D eigenvalue weighted by Crippen LogP contribution is 2.27. The lowest BCUT2D eigenvalue weighted by Crippen LogP contribution is -2.33. The summed E-state index contributed by atoms with van der Waals surface area (Å²) < 4.78 is 5.85. The van der Waals surface area contributed by atoms with Crippen LogP contribution in [0.4, 0.5) is 0 Å². The average molecular weight is 371 g/mol. The van der Waals surface area contributed by atoms with E-state index < -0.39 is 12.6 Å². The van der Waals surface area contributed by atoms with Crippen molar-refractivity contribution in [3.05, 3.63) is 64.1 Å². The van der Waals surface area contributed by atoms with Gasteiger partial charge in [0.15, 0.2) is 6.61 Å². The molecule has 0 saturated carbocycles. The molecule has 2 aromatic carbocycles. The minimum Gasteiger partial charge on any atom is -0.480 e. The molecule has 0 aliphatic carbocycles. The van der Waals surface area contributed by atoms with Gasteiger partial charge in [0.25, 0.3) is 0 Å². The summed E-state index contributed by atoms with van der Waals surface area (Å²) >= 11 is 11.3. The van der Waals surface area contributed by atoms with E-state index in [0.29, 0.717) is 15.8 Å². The first-order valence-corrected chi connectivity index (χ1v) is 8.07. The second-order valence-electron chi connectivity index (χ2n) is 6.19. The summed E-state index contributed by atoms with van der Waals surface area (Å²) in [5.74, 6) is -0.737. The lowest BCUT2D eigenvalue weighted by Gasteiger charge is -2.23. The number of carboxylic acids is 1. The summed E-state index contributed by atoms with van der Waals surface area (Å²) in [7, 11) is 6.60. The van der Waals surface area contributed by atoms with E-state index in [9.17, 15) is 4.79 Å². The van der Waals surface area contributed by atoms with Gasteiger partial charge in [0, 0.05) is 10.6 Å². The summed E-state index contributed by atoms with van der Waals surface area (Å²) in [4.78, 5) is 10.2. The van der Waals surface area contributed by atoms with Crippen molar-refractivity contribution in [2.75, 3.05) is 27.7 Å². The molecule has 0 amide bonds. The van der Waals surface area contributed by atoms with Crippen LogP contribution < -0.4 is 4.74 Å². The molecule has 0 spiro atoms. The van der Waals surface area contributed by atoms with E-state index in [1.54, 1.807) is 6.07 Å². The minimum absolute atomic E-state index is 0.300. The van der Waals surface area contributed by atoms with Crippen molar-refractivity contribution >= 4 is 29.2 Å². The van der Waals surface area contributed by atoms with Crippen LogP contribution in [0.25, 0.3) is 0 Å². The third-order valence-electron chi connectivity index (χ3n) is 2.74. The Morgan fingerprint density at radius 1 is 1.08 bits per heavy atom. The van der Waals surface area contributed by atoms with Gasteiger partial charge in [0.1, 0.15) is 12.3 Å². The highest BCUT2D eigenvalue weighted by atomic mass is 35.5. The number of ether oxygens (including phenoxy) is 1. The molecule has 1 N–H and O–H groups in total. The fourth-order valence-corrected chi connectivity index (χ4v) is 2.33. The topological polar surface area (TPSA) is 46.5 Å². The molecule has 130 valence electrons. The number of carboxylic acid groups (broad SMARTS) is 1. The zero-order valence-corrected chi connectivity index (χ0v) is 15.5. The standard InChI is InChI=1S/C10H16N.C8H6Cl2O3/c1-11(2,3)9-10-7-5-4-6-8-10;9-5-1-2-7(6(10)3-5)13-4-8(11)12/h4-8H,9H2,1-3H3;1-3H,4H2,(H,11,12)/q+1;. The summed E-state index contributed by atoms with van der Waals surface area (Å²) in [6, 6.07) is 15.2. The molecular weight excluding hydrogens is 349 g/mol. The molecule has 6 heteroatoms. The van der Waals surface area contributed by atoms with Crippen molar-refractivity contribution < 1.29 is 19.1 Å². The van der Waals surface area contributed by atoms with Crippen LogP contribution in [-0.2, 0) is 11.3 Å². The first-order chi connectivity index (χ1) is 11.2. The van der Waals surface area contributed by atoms with Crippen LogP contribution in [0.15, 0.2) is 48.5 Å². The molecule has 0 bridgehead atoms. The largest absolute Gasteiger partial charge is 0.480 e. The van der Waals surface area contributed by atoms with Crippen molar-refractivity contribution in [2.45, 2.75) is 6.54 Å². The van der Waals surface area contributed by atoms with Crippen LogP contribution in [0.3, 0.4) is 0 Å². The molecule has 0 heterocycles. The predicted molar refractivity (Wildman–Crippen MR) is 97.8 cm³/mol. The fourth-order valence-electron chi connectivity index (χ4n) is 1.86. The number of carbonyl (C=O) groups is 1. The quantitative estimate of drug-likeness (QED) is 0.795. The van der Waals surface area contributed by atoms with Crippen LogP contribution in [0.5, 0.6) is 5.75 Å². The van der Waals surface area contributed by atoms with Gasteiger partial charge in [-0.15, -0.1) is 0 Å². The van der Waals surface area contributed by atoms with Crippen molar-refractivity contribution in [1.82, 2.24) is 0 Å². The van der Waals surface area contributed by atoms with E-state index in [4.69, 9.17) is 33.0 Å². The number of halogens is 2. The highest BCUT2D eigenvalue weighted by Gasteiger charge is 2.06. The Morgan fingerprint density at radius 2 is 1.71 bits per heavy atom. The number of hydrogen-bond donors (Lipinski definition) is 1. The Bertz CT molecular complexity index is 655. The second kappa shape index (κ2) is 9.52. The Morgan fingerprint density at radius 3 is 2.21 bits per heavy atom. The first-order valence-electron chi connectivity index (χ1n) is 7.31. The Labute approximate surface area is 152 Å². The van der Waals surface area contributed by atoms with Gasteiger partial charge in [0.05, 0.1) is 26.2 Å². The minimum atomic E-state index is -1.05. The number of benzene rings is 2. The van der Waals surface area contributed by atoms with E-state index in [1.165, 1.54) is 17.7 Å². The zero-order chi connectivity index (χ0) is 18.2. The van der Waals surface area contributed by atoms with Crippen LogP contribution in [0, 0.1) is 0 Å². The van der Waals surface area contributed by atoms with Crippen molar-refractivity contribution in [3.8, 4) is 5.75 Å². The lowest BCUT2D eigenvalue weighted by molar-refractivity contribution is -0.884. The third kappa shape index (κ3) is 8.77. The summed E-state index contributed by atoms with van der Waals surface area (Å²) in [5, 5.41) is 9.11. The second-order valence-corrected chi connectivity index (χ2v) is 7.03. The molecule has 0 aliphatic heterocycles. The number of hydrogen-bond acceptors (Lipinski definition) is 2. The number of quaternary nitrogens is 1. The van der Waals surface area contributed by atoms with Gasteiger partial charge in [-0.1, -0.05) is 53.5 Å². The number of nitrogens with zero attached hydrogens (tertiary/aromatic N) is 1. The molecule has 0 unspecified atom stereocenters. The third-order valence-corrected chi connectivity index (χ3v) is 3.28. The summed E-state index contributed by atoms with van der Waals surface area (Å²) in [5.41, 5.74) is 1.40. The van der Waals surface area contributed by atoms with Crippen LogP contribution in [0.1, 0.15) is 5.56 Å². The summed E-state index contributed by atoms with van der Waals surface area (Å²) in [6.07, 6.45) is 0. The van der Waals surface area contributed by atoms with Gasteiger partial charge in [-0.2, -0.15) is 0 Å². The van der Waals surface area contributed by atoms with Gasteiger partial charge < -0.3 is 14.3 Å². The molecule has 0 radical (unpaired) electrons.